The number of ether oxygens (including phenoxy) is 1. The lowest BCUT2D eigenvalue weighted by atomic mass is 9.97. The van der Waals surface area contributed by atoms with Crippen molar-refractivity contribution in [2.45, 2.75) is 19.8 Å². The van der Waals surface area contributed by atoms with Crippen molar-refractivity contribution in [2.24, 2.45) is 0 Å². The first-order valence-electron chi connectivity index (χ1n) is 9.02. The number of amides is 1. The van der Waals surface area contributed by atoms with Gasteiger partial charge < -0.3 is 9.64 Å². The van der Waals surface area contributed by atoms with Crippen molar-refractivity contribution in [2.75, 3.05) is 20.2 Å². The minimum Gasteiger partial charge on any atom is -0.497 e. The van der Waals surface area contributed by atoms with Crippen molar-refractivity contribution >= 4 is 16.8 Å². The lowest BCUT2D eigenvalue weighted by molar-refractivity contribution is 0.0794. The van der Waals surface area contributed by atoms with Gasteiger partial charge in [-0.15, -0.1) is 0 Å². The van der Waals surface area contributed by atoms with Crippen LogP contribution in [0.5, 0.6) is 5.75 Å². The van der Waals surface area contributed by atoms with E-state index in [9.17, 15) is 4.79 Å². The van der Waals surface area contributed by atoms with Gasteiger partial charge in [0.2, 0.25) is 0 Å². The van der Waals surface area contributed by atoms with Crippen LogP contribution in [0.25, 0.3) is 22.2 Å². The van der Waals surface area contributed by atoms with E-state index in [1.54, 1.807) is 7.11 Å². The maximum atomic E-state index is 13.2. The summed E-state index contributed by atoms with van der Waals surface area (Å²) in [4.78, 5) is 20.1. The van der Waals surface area contributed by atoms with Crippen LogP contribution < -0.4 is 4.74 Å². The van der Waals surface area contributed by atoms with Crippen LogP contribution in [0.15, 0.2) is 48.5 Å². The number of benzene rings is 2. The number of aromatic nitrogens is 1. The molecule has 0 aliphatic carbocycles. The molecule has 3 aromatic rings. The Hall–Kier alpha value is -2.88. The highest BCUT2D eigenvalue weighted by Crippen LogP contribution is 2.32. The fourth-order valence-electron chi connectivity index (χ4n) is 3.69. The molecule has 0 saturated carbocycles. The Morgan fingerprint density at radius 1 is 1.04 bits per heavy atom. The number of methoxy groups -OCH3 is 1. The molecule has 0 radical (unpaired) electrons. The minimum absolute atomic E-state index is 0.119. The number of hydrogen-bond acceptors (Lipinski definition) is 3. The van der Waals surface area contributed by atoms with Gasteiger partial charge in [-0.1, -0.05) is 18.2 Å². The first kappa shape index (κ1) is 16.6. The number of rotatable bonds is 3. The average molecular weight is 346 g/mol. The second-order valence-corrected chi connectivity index (χ2v) is 6.71. The van der Waals surface area contributed by atoms with Crippen LogP contribution in [-0.2, 0) is 0 Å². The molecular weight excluding hydrogens is 324 g/mol. The van der Waals surface area contributed by atoms with E-state index in [1.807, 2.05) is 60.4 Å². The summed E-state index contributed by atoms with van der Waals surface area (Å²) in [5, 5.41) is 0.930. The van der Waals surface area contributed by atoms with E-state index in [4.69, 9.17) is 9.72 Å². The van der Waals surface area contributed by atoms with Gasteiger partial charge in [-0.3, -0.25) is 4.79 Å². The second kappa shape index (κ2) is 6.79. The Morgan fingerprint density at radius 2 is 1.73 bits per heavy atom. The van der Waals surface area contributed by atoms with Crippen LogP contribution in [0.4, 0.5) is 0 Å². The molecule has 0 unspecified atom stereocenters. The molecule has 2 heterocycles. The van der Waals surface area contributed by atoms with Crippen molar-refractivity contribution in [3.8, 4) is 17.0 Å². The summed E-state index contributed by atoms with van der Waals surface area (Å²) in [6.45, 7) is 3.68. The summed E-state index contributed by atoms with van der Waals surface area (Å²) in [6, 6.07) is 15.7. The largest absolute Gasteiger partial charge is 0.497 e. The van der Waals surface area contributed by atoms with Gasteiger partial charge in [-0.05, 0) is 55.7 Å². The molecule has 4 nitrogen and oxygen atoms in total. The molecule has 1 amide bonds. The summed E-state index contributed by atoms with van der Waals surface area (Å²) >= 11 is 0. The van der Waals surface area contributed by atoms with Crippen LogP contribution in [0, 0.1) is 6.92 Å². The highest BCUT2D eigenvalue weighted by atomic mass is 16.5. The predicted octanol–water partition coefficient (Wildman–Crippen LogP) is 4.45. The fraction of sp³-hybridized carbons (Fsp3) is 0.273. The number of carbonyl (C=O) groups is 1. The number of likely N-dealkylation sites (tertiary alicyclic amines) is 1. The van der Waals surface area contributed by atoms with Gasteiger partial charge in [-0.2, -0.15) is 0 Å². The first-order chi connectivity index (χ1) is 12.7. The number of carbonyl (C=O) groups excluding carboxylic acids is 1. The highest BCUT2D eigenvalue weighted by molar-refractivity contribution is 6.09. The molecule has 0 bridgehead atoms. The van der Waals surface area contributed by atoms with Crippen molar-refractivity contribution < 1.29 is 9.53 Å². The maximum absolute atomic E-state index is 13.2. The number of para-hydroxylation sites is 1. The molecule has 1 aliphatic heterocycles. The number of fused-ring (bicyclic) bond motifs is 1. The maximum Gasteiger partial charge on any atom is 0.254 e. The molecule has 0 N–H and O–H groups in total. The van der Waals surface area contributed by atoms with Gasteiger partial charge in [0.25, 0.3) is 5.91 Å². The molecule has 1 aromatic heterocycles. The van der Waals surface area contributed by atoms with Gasteiger partial charge in [-0.25, -0.2) is 4.98 Å². The van der Waals surface area contributed by atoms with Crippen molar-refractivity contribution in [3.05, 3.63) is 59.7 Å². The number of pyridine rings is 1. The first-order valence-corrected chi connectivity index (χ1v) is 9.02. The topological polar surface area (TPSA) is 42.4 Å². The van der Waals surface area contributed by atoms with Crippen LogP contribution in [0.2, 0.25) is 0 Å². The lowest BCUT2D eigenvalue weighted by Gasteiger charge is -2.20. The second-order valence-electron chi connectivity index (χ2n) is 6.71. The Balaban J connectivity index is 1.91. The zero-order valence-corrected chi connectivity index (χ0v) is 15.2. The molecule has 0 atom stereocenters. The van der Waals surface area contributed by atoms with E-state index in [-0.39, 0.29) is 5.91 Å². The van der Waals surface area contributed by atoms with E-state index in [2.05, 4.69) is 0 Å². The lowest BCUT2D eigenvalue weighted by Crippen LogP contribution is -2.28. The Labute approximate surface area is 153 Å². The highest BCUT2D eigenvalue weighted by Gasteiger charge is 2.25. The smallest absolute Gasteiger partial charge is 0.254 e. The van der Waals surface area contributed by atoms with Crippen LogP contribution in [0.3, 0.4) is 0 Å². The van der Waals surface area contributed by atoms with Crippen LogP contribution in [0.1, 0.15) is 28.8 Å². The Kier molecular flexibility index (Phi) is 4.33. The molecule has 1 aliphatic rings. The zero-order valence-electron chi connectivity index (χ0n) is 15.2. The van der Waals surface area contributed by atoms with E-state index in [1.165, 1.54) is 0 Å². The molecule has 1 fully saturated rings. The van der Waals surface area contributed by atoms with E-state index < -0.39 is 0 Å². The normalized spacial score (nSPS) is 14.0. The molecule has 4 rings (SSSR count). The molecular formula is C22H22N2O2. The Morgan fingerprint density at radius 3 is 2.42 bits per heavy atom. The van der Waals surface area contributed by atoms with Crippen molar-refractivity contribution in [3.63, 3.8) is 0 Å². The summed E-state index contributed by atoms with van der Waals surface area (Å²) in [6.07, 6.45) is 2.16. The molecule has 0 spiro atoms. The van der Waals surface area contributed by atoms with Crippen molar-refractivity contribution in [1.82, 2.24) is 9.88 Å². The van der Waals surface area contributed by atoms with E-state index in [0.29, 0.717) is 0 Å². The molecule has 26 heavy (non-hydrogen) atoms. The third-order valence-corrected chi connectivity index (χ3v) is 5.11. The van der Waals surface area contributed by atoms with Gasteiger partial charge in [0, 0.05) is 24.0 Å². The van der Waals surface area contributed by atoms with Gasteiger partial charge in [0.15, 0.2) is 0 Å². The summed E-state index contributed by atoms with van der Waals surface area (Å²) < 4.78 is 5.25. The van der Waals surface area contributed by atoms with Gasteiger partial charge >= 0.3 is 0 Å². The average Bonchev–Trinajstić information content (AvgIpc) is 3.22. The molecule has 132 valence electrons. The zero-order chi connectivity index (χ0) is 18.1. The summed E-state index contributed by atoms with van der Waals surface area (Å²) in [7, 11) is 1.65. The minimum atomic E-state index is 0.119. The van der Waals surface area contributed by atoms with Crippen molar-refractivity contribution in [1.29, 1.82) is 0 Å². The fourth-order valence-corrected chi connectivity index (χ4v) is 3.69. The SMILES string of the molecule is COc1ccc(-c2nc3ccccc3c(C(=O)N3CCCC3)c2C)cc1. The van der Waals surface area contributed by atoms with Gasteiger partial charge in [0.1, 0.15) is 5.75 Å². The van der Waals surface area contributed by atoms with E-state index >= 15 is 0 Å². The number of nitrogens with zero attached hydrogens (tertiary/aromatic N) is 2. The quantitative estimate of drug-likeness (QED) is 0.703. The monoisotopic (exact) mass is 346 g/mol. The standard InChI is InChI=1S/C22H22N2O2/c1-15-20(22(25)24-13-5-6-14-24)18-7-3-4-8-19(18)23-21(15)16-9-11-17(26-2)12-10-16/h3-4,7-12H,5-6,13-14H2,1-2H3. The molecule has 1 saturated heterocycles. The summed E-state index contributed by atoms with van der Waals surface area (Å²) in [5.74, 6) is 0.925. The summed E-state index contributed by atoms with van der Waals surface area (Å²) in [5.41, 5.74) is 4.42. The molecule has 4 heteroatoms. The van der Waals surface area contributed by atoms with E-state index in [0.717, 1.165) is 65.0 Å². The molecule has 2 aromatic carbocycles. The predicted molar refractivity (Wildman–Crippen MR) is 104 cm³/mol. The van der Waals surface area contributed by atoms with Crippen LogP contribution in [-0.4, -0.2) is 36.0 Å². The Bertz CT molecular complexity index is 958. The third kappa shape index (κ3) is 2.81. The third-order valence-electron chi connectivity index (χ3n) is 5.11. The number of hydrogen-bond donors (Lipinski definition) is 0. The van der Waals surface area contributed by atoms with Crippen LogP contribution >= 0.6 is 0 Å². The van der Waals surface area contributed by atoms with Gasteiger partial charge in [0.05, 0.1) is 23.9 Å².